The topological polar surface area (TPSA) is 25.0 Å². The van der Waals surface area contributed by atoms with Crippen molar-refractivity contribution in [2.75, 3.05) is 7.11 Å². The maximum atomic E-state index is 5.13. The Morgan fingerprint density at radius 1 is 1.58 bits per heavy atom. The van der Waals surface area contributed by atoms with E-state index in [1.165, 1.54) is 0 Å². The first kappa shape index (κ1) is 8.65. The van der Waals surface area contributed by atoms with E-state index >= 15 is 0 Å². The maximum absolute atomic E-state index is 5.13. The minimum atomic E-state index is 0.832. The summed E-state index contributed by atoms with van der Waals surface area (Å²) in [4.78, 5) is 3.00. The number of rotatable bonds is 2. The van der Waals surface area contributed by atoms with Gasteiger partial charge in [-0.15, -0.1) is 0 Å². The van der Waals surface area contributed by atoms with E-state index in [9.17, 15) is 0 Å². The summed E-state index contributed by atoms with van der Waals surface area (Å²) in [6, 6.07) is 0. The fraction of sp³-hybridized carbons (Fsp3) is 0.200. The van der Waals surface area contributed by atoms with Crippen LogP contribution in [0.3, 0.4) is 0 Å². The van der Waals surface area contributed by atoms with Gasteiger partial charge in [-0.3, -0.25) is 0 Å². The molecule has 0 aliphatic heterocycles. The summed E-state index contributed by atoms with van der Waals surface area (Å²) in [5.74, 6) is 0.832. The summed E-state index contributed by atoms with van der Waals surface area (Å²) in [7, 11) is 1.65. The first-order valence-electron chi connectivity index (χ1n) is 3.83. The van der Waals surface area contributed by atoms with Crippen molar-refractivity contribution in [1.29, 1.82) is 0 Å². The predicted molar refractivity (Wildman–Crippen MR) is 51.4 cm³/mol. The van der Waals surface area contributed by atoms with Crippen LogP contribution in [0.4, 0.5) is 0 Å². The van der Waals surface area contributed by atoms with Gasteiger partial charge in [-0.1, -0.05) is 18.7 Å². The molecule has 0 bridgehead atoms. The molecule has 2 nitrogen and oxygen atoms in total. The monoisotopic (exact) mass is 163 g/mol. The van der Waals surface area contributed by atoms with Crippen LogP contribution < -0.4 is 15.3 Å². The molecule has 0 amide bonds. The lowest BCUT2D eigenvalue weighted by Crippen LogP contribution is -2.21. The third-order valence-corrected chi connectivity index (χ3v) is 1.64. The first-order chi connectivity index (χ1) is 5.79. The van der Waals surface area contributed by atoms with Gasteiger partial charge in [0.1, 0.15) is 5.75 Å². The molecule has 0 unspecified atom stereocenters. The molecule has 0 saturated heterocycles. The van der Waals surface area contributed by atoms with Crippen LogP contribution in [0.2, 0.25) is 0 Å². The fourth-order valence-electron chi connectivity index (χ4n) is 1.00. The lowest BCUT2D eigenvalue weighted by molar-refractivity contribution is 0.412. The van der Waals surface area contributed by atoms with Crippen LogP contribution in [0.1, 0.15) is 6.92 Å². The smallest absolute Gasteiger partial charge is 0.144 e. The van der Waals surface area contributed by atoms with Gasteiger partial charge in [0.15, 0.2) is 0 Å². The number of nitrogens with one attached hydrogen (secondary N) is 1. The van der Waals surface area contributed by atoms with Crippen molar-refractivity contribution in [1.82, 2.24) is 4.98 Å². The Bertz CT molecular complexity index is 373. The van der Waals surface area contributed by atoms with E-state index < -0.39 is 0 Å². The molecule has 0 spiro atoms. The molecule has 2 heteroatoms. The second-order valence-corrected chi connectivity index (χ2v) is 2.44. The minimum Gasteiger partial charge on any atom is -0.495 e. The van der Waals surface area contributed by atoms with Crippen molar-refractivity contribution in [3.05, 3.63) is 28.9 Å². The lowest BCUT2D eigenvalue weighted by Gasteiger charge is -1.90. The molecule has 0 saturated carbocycles. The Morgan fingerprint density at radius 2 is 2.33 bits per heavy atom. The van der Waals surface area contributed by atoms with E-state index in [1.807, 2.05) is 25.2 Å². The number of methoxy groups -OCH3 is 1. The Balaban J connectivity index is 3.28. The van der Waals surface area contributed by atoms with Gasteiger partial charge in [-0.2, -0.15) is 0 Å². The number of aromatic nitrogens is 1. The molecular formula is C10H13NO. The average molecular weight is 163 g/mol. The largest absolute Gasteiger partial charge is 0.495 e. The predicted octanol–water partition coefficient (Wildman–Crippen LogP) is 0.790. The molecule has 1 heterocycles. The second kappa shape index (κ2) is 3.81. The molecule has 0 fully saturated rings. The Labute approximate surface area is 71.9 Å². The normalized spacial score (nSPS) is 12.7. The second-order valence-electron chi connectivity index (χ2n) is 2.44. The molecule has 1 rings (SSSR count). The molecule has 0 aromatic carbocycles. The number of ether oxygens (including phenoxy) is 1. The average Bonchev–Trinajstić information content (AvgIpc) is 2.43. The summed E-state index contributed by atoms with van der Waals surface area (Å²) in [6.07, 6.45) is 7.70. The van der Waals surface area contributed by atoms with E-state index in [4.69, 9.17) is 4.74 Å². The van der Waals surface area contributed by atoms with Crippen LogP contribution in [0.15, 0.2) is 18.3 Å². The Morgan fingerprint density at radius 3 is 2.92 bits per heavy atom. The van der Waals surface area contributed by atoms with Gasteiger partial charge < -0.3 is 9.72 Å². The van der Waals surface area contributed by atoms with Crippen LogP contribution in [0.25, 0.3) is 12.7 Å². The third kappa shape index (κ3) is 1.59. The van der Waals surface area contributed by atoms with Crippen molar-refractivity contribution in [3.63, 3.8) is 0 Å². The number of allylic oxidation sites excluding steroid dienone is 2. The van der Waals surface area contributed by atoms with E-state index in [0.717, 1.165) is 16.3 Å². The van der Waals surface area contributed by atoms with Crippen molar-refractivity contribution in [3.8, 4) is 5.75 Å². The fourth-order valence-corrected chi connectivity index (χ4v) is 1.00. The van der Waals surface area contributed by atoms with Gasteiger partial charge in [0.2, 0.25) is 0 Å². The van der Waals surface area contributed by atoms with Crippen LogP contribution in [0.5, 0.6) is 5.75 Å². The quantitative estimate of drug-likeness (QED) is 0.685. The van der Waals surface area contributed by atoms with E-state index in [1.54, 1.807) is 13.3 Å². The molecule has 1 N–H and O–H groups in total. The summed E-state index contributed by atoms with van der Waals surface area (Å²) < 4.78 is 5.13. The summed E-state index contributed by atoms with van der Waals surface area (Å²) in [6.45, 7) is 5.81. The highest BCUT2D eigenvalue weighted by Gasteiger charge is 1.94. The number of H-pyrrole nitrogens is 1. The van der Waals surface area contributed by atoms with Gasteiger partial charge in [-0.25, -0.2) is 0 Å². The van der Waals surface area contributed by atoms with Gasteiger partial charge >= 0.3 is 0 Å². The van der Waals surface area contributed by atoms with Crippen molar-refractivity contribution in [2.24, 2.45) is 0 Å². The highest BCUT2D eigenvalue weighted by atomic mass is 16.5. The van der Waals surface area contributed by atoms with Gasteiger partial charge in [0.05, 0.1) is 7.11 Å². The van der Waals surface area contributed by atoms with E-state index in [2.05, 4.69) is 11.6 Å². The maximum Gasteiger partial charge on any atom is 0.144 e. The molecule has 64 valence electrons. The van der Waals surface area contributed by atoms with Crippen LogP contribution in [-0.4, -0.2) is 12.1 Å². The van der Waals surface area contributed by atoms with Gasteiger partial charge in [-0.05, 0) is 13.0 Å². The van der Waals surface area contributed by atoms with Crippen molar-refractivity contribution < 1.29 is 4.74 Å². The van der Waals surface area contributed by atoms with Crippen LogP contribution in [0, 0.1) is 0 Å². The van der Waals surface area contributed by atoms with Crippen molar-refractivity contribution >= 4 is 12.7 Å². The number of hydrogen-bond acceptors (Lipinski definition) is 1. The standard InChI is InChI=1S/C10H13NO/c1-4-5-6-9-8(2)11-7-10(9)12-3/h4-7,11H,2H2,1,3H3/b5-4-,9-6+. The molecule has 0 aliphatic rings. The molecule has 0 radical (unpaired) electrons. The van der Waals surface area contributed by atoms with E-state index in [0.29, 0.717) is 0 Å². The van der Waals surface area contributed by atoms with Crippen LogP contribution >= 0.6 is 0 Å². The zero-order chi connectivity index (χ0) is 8.97. The zero-order valence-corrected chi connectivity index (χ0v) is 7.42. The zero-order valence-electron chi connectivity index (χ0n) is 7.42. The molecule has 1 aromatic rings. The Hall–Kier alpha value is -1.44. The number of aromatic amines is 1. The molecule has 12 heavy (non-hydrogen) atoms. The highest BCUT2D eigenvalue weighted by molar-refractivity contribution is 5.42. The minimum absolute atomic E-state index is 0.832. The summed E-state index contributed by atoms with van der Waals surface area (Å²) in [5.41, 5.74) is 0. The first-order valence-corrected chi connectivity index (χ1v) is 3.83. The molecular weight excluding hydrogens is 150 g/mol. The molecule has 0 aliphatic carbocycles. The third-order valence-electron chi connectivity index (χ3n) is 1.64. The molecule has 1 aromatic heterocycles. The molecule has 0 atom stereocenters. The number of hydrogen-bond donors (Lipinski definition) is 1. The lowest BCUT2D eigenvalue weighted by atomic mass is 10.3. The van der Waals surface area contributed by atoms with E-state index in [-0.39, 0.29) is 0 Å². The van der Waals surface area contributed by atoms with Crippen LogP contribution in [-0.2, 0) is 0 Å². The van der Waals surface area contributed by atoms with Gasteiger partial charge in [0.25, 0.3) is 0 Å². The van der Waals surface area contributed by atoms with Gasteiger partial charge in [0, 0.05) is 16.8 Å². The Kier molecular flexibility index (Phi) is 2.75. The summed E-state index contributed by atoms with van der Waals surface area (Å²) in [5, 5.41) is 1.89. The SMILES string of the molecule is C=c1[nH]cc(OC)/c1=C/C=C\C. The summed E-state index contributed by atoms with van der Waals surface area (Å²) >= 11 is 0. The highest BCUT2D eigenvalue weighted by Crippen LogP contribution is 1.94. The van der Waals surface area contributed by atoms with Crippen molar-refractivity contribution in [2.45, 2.75) is 6.92 Å².